The fourth-order valence-electron chi connectivity index (χ4n) is 3.55. The third-order valence-electron chi connectivity index (χ3n) is 5.03. The van der Waals surface area contributed by atoms with Crippen molar-refractivity contribution < 1.29 is 23.4 Å². The molecule has 1 N–H and O–H groups in total. The molecule has 0 saturated carbocycles. The predicted molar refractivity (Wildman–Crippen MR) is 98.5 cm³/mol. The van der Waals surface area contributed by atoms with E-state index in [4.69, 9.17) is 18.6 Å². The minimum Gasteiger partial charge on any atom is -0.493 e. The van der Waals surface area contributed by atoms with Gasteiger partial charge in [0.25, 0.3) is 5.91 Å². The van der Waals surface area contributed by atoms with Gasteiger partial charge in [-0.25, -0.2) is 0 Å². The van der Waals surface area contributed by atoms with Gasteiger partial charge in [0, 0.05) is 25.7 Å². The molecule has 1 saturated heterocycles. The number of piperidine rings is 1. The maximum absolute atomic E-state index is 12.4. The SMILES string of the molecule is COc1cc(CNC2CCN(C(=O)c3ccoc3)CC2)cc2c1OCCO2. The molecule has 0 bridgehead atoms. The van der Waals surface area contributed by atoms with Crippen LogP contribution in [-0.2, 0) is 6.54 Å². The molecule has 7 heteroatoms. The molecule has 0 radical (unpaired) electrons. The van der Waals surface area contributed by atoms with Crippen LogP contribution in [0, 0.1) is 0 Å². The zero-order chi connectivity index (χ0) is 18.6. The number of furan rings is 1. The van der Waals surface area contributed by atoms with E-state index >= 15 is 0 Å². The number of rotatable bonds is 5. The summed E-state index contributed by atoms with van der Waals surface area (Å²) in [6, 6.07) is 6.07. The van der Waals surface area contributed by atoms with Crippen molar-refractivity contribution >= 4 is 5.91 Å². The van der Waals surface area contributed by atoms with E-state index in [0.717, 1.165) is 37.2 Å². The summed E-state index contributed by atoms with van der Waals surface area (Å²) in [5.41, 5.74) is 1.71. The van der Waals surface area contributed by atoms with Crippen LogP contribution >= 0.6 is 0 Å². The van der Waals surface area contributed by atoms with Gasteiger partial charge in [0.2, 0.25) is 5.75 Å². The van der Waals surface area contributed by atoms with Crippen molar-refractivity contribution in [2.45, 2.75) is 25.4 Å². The number of nitrogens with one attached hydrogen (secondary N) is 1. The number of fused-ring (bicyclic) bond motifs is 1. The van der Waals surface area contributed by atoms with Crippen molar-refractivity contribution in [3.63, 3.8) is 0 Å². The number of carbonyl (C=O) groups is 1. The molecule has 0 aliphatic carbocycles. The van der Waals surface area contributed by atoms with Gasteiger partial charge in [0.15, 0.2) is 11.5 Å². The lowest BCUT2D eigenvalue weighted by Gasteiger charge is -2.32. The zero-order valence-electron chi connectivity index (χ0n) is 15.4. The molecule has 27 heavy (non-hydrogen) atoms. The van der Waals surface area contributed by atoms with E-state index in [1.807, 2.05) is 17.0 Å². The quantitative estimate of drug-likeness (QED) is 0.869. The minimum atomic E-state index is 0.0405. The lowest BCUT2D eigenvalue weighted by molar-refractivity contribution is 0.0704. The Morgan fingerprint density at radius 2 is 2.07 bits per heavy atom. The van der Waals surface area contributed by atoms with Crippen molar-refractivity contribution in [1.82, 2.24) is 10.2 Å². The molecule has 2 aromatic rings. The van der Waals surface area contributed by atoms with E-state index in [9.17, 15) is 4.79 Å². The summed E-state index contributed by atoms with van der Waals surface area (Å²) in [5, 5.41) is 3.58. The van der Waals surface area contributed by atoms with Crippen LogP contribution in [0.15, 0.2) is 35.1 Å². The second-order valence-corrected chi connectivity index (χ2v) is 6.78. The van der Waals surface area contributed by atoms with Crippen LogP contribution in [0.3, 0.4) is 0 Å². The predicted octanol–water partition coefficient (Wildman–Crippen LogP) is 2.45. The van der Waals surface area contributed by atoms with Gasteiger partial charge in [-0.05, 0) is 36.6 Å². The van der Waals surface area contributed by atoms with Gasteiger partial charge in [-0.2, -0.15) is 0 Å². The Morgan fingerprint density at radius 3 is 2.81 bits per heavy atom. The molecule has 2 aliphatic rings. The van der Waals surface area contributed by atoms with E-state index < -0.39 is 0 Å². The molecule has 0 atom stereocenters. The second-order valence-electron chi connectivity index (χ2n) is 6.78. The van der Waals surface area contributed by atoms with Crippen molar-refractivity contribution in [1.29, 1.82) is 0 Å². The maximum Gasteiger partial charge on any atom is 0.257 e. The van der Waals surface area contributed by atoms with Crippen molar-refractivity contribution in [2.24, 2.45) is 0 Å². The summed E-state index contributed by atoms with van der Waals surface area (Å²) < 4.78 is 21.8. The van der Waals surface area contributed by atoms with E-state index in [2.05, 4.69) is 5.32 Å². The standard InChI is InChI=1S/C20H24N2O5/c1-24-17-10-14(11-18-19(17)27-9-8-26-18)12-21-16-2-5-22(6-3-16)20(23)15-4-7-25-13-15/h4,7,10-11,13,16,21H,2-3,5-6,8-9,12H2,1H3. The van der Waals surface area contributed by atoms with Crippen LogP contribution in [0.2, 0.25) is 0 Å². The summed E-state index contributed by atoms with van der Waals surface area (Å²) in [6.45, 7) is 3.29. The number of hydrogen-bond acceptors (Lipinski definition) is 6. The zero-order valence-corrected chi connectivity index (χ0v) is 15.4. The molecule has 2 aliphatic heterocycles. The average molecular weight is 372 g/mol. The van der Waals surface area contributed by atoms with Gasteiger partial charge >= 0.3 is 0 Å². The number of amides is 1. The van der Waals surface area contributed by atoms with Crippen LogP contribution in [0.25, 0.3) is 0 Å². The molecule has 3 heterocycles. The first-order valence-electron chi connectivity index (χ1n) is 9.26. The largest absolute Gasteiger partial charge is 0.493 e. The highest BCUT2D eigenvalue weighted by atomic mass is 16.6. The van der Waals surface area contributed by atoms with Crippen molar-refractivity contribution in [3.05, 3.63) is 41.9 Å². The van der Waals surface area contributed by atoms with E-state index in [-0.39, 0.29) is 5.91 Å². The first-order valence-corrected chi connectivity index (χ1v) is 9.26. The molecule has 1 fully saturated rings. The number of likely N-dealkylation sites (tertiary alicyclic amines) is 1. The Morgan fingerprint density at radius 1 is 1.26 bits per heavy atom. The number of methoxy groups -OCH3 is 1. The third kappa shape index (κ3) is 3.88. The third-order valence-corrected chi connectivity index (χ3v) is 5.03. The molecular weight excluding hydrogens is 348 g/mol. The molecule has 0 spiro atoms. The fourth-order valence-corrected chi connectivity index (χ4v) is 3.55. The summed E-state index contributed by atoms with van der Waals surface area (Å²) in [7, 11) is 1.64. The Hall–Kier alpha value is -2.67. The van der Waals surface area contributed by atoms with Gasteiger partial charge < -0.3 is 28.8 Å². The summed E-state index contributed by atoms with van der Waals surface area (Å²) in [4.78, 5) is 14.2. The number of ether oxygens (including phenoxy) is 3. The summed E-state index contributed by atoms with van der Waals surface area (Å²) in [6.07, 6.45) is 4.88. The van der Waals surface area contributed by atoms with E-state index in [0.29, 0.717) is 42.9 Å². The highest BCUT2D eigenvalue weighted by molar-refractivity contribution is 5.93. The molecule has 4 rings (SSSR count). The lowest BCUT2D eigenvalue weighted by Crippen LogP contribution is -2.44. The average Bonchev–Trinajstić information content (AvgIpc) is 3.26. The first kappa shape index (κ1) is 17.7. The Bertz CT molecular complexity index is 765. The Balaban J connectivity index is 1.32. The lowest BCUT2D eigenvalue weighted by atomic mass is 10.0. The molecule has 7 nitrogen and oxygen atoms in total. The highest BCUT2D eigenvalue weighted by Crippen LogP contribution is 2.40. The Kier molecular flexibility index (Phi) is 5.20. The van der Waals surface area contributed by atoms with Crippen LogP contribution < -0.4 is 19.5 Å². The first-order chi connectivity index (χ1) is 13.2. The number of nitrogens with zero attached hydrogens (tertiary/aromatic N) is 1. The van der Waals surface area contributed by atoms with E-state index in [1.165, 1.54) is 12.5 Å². The van der Waals surface area contributed by atoms with Crippen molar-refractivity contribution in [3.8, 4) is 17.2 Å². The van der Waals surface area contributed by atoms with Gasteiger partial charge in [0.05, 0.1) is 18.9 Å². The molecule has 0 unspecified atom stereocenters. The summed E-state index contributed by atoms with van der Waals surface area (Å²) >= 11 is 0. The topological polar surface area (TPSA) is 73.2 Å². The van der Waals surface area contributed by atoms with Gasteiger partial charge in [0.1, 0.15) is 19.5 Å². The van der Waals surface area contributed by atoms with Crippen molar-refractivity contribution in [2.75, 3.05) is 33.4 Å². The van der Waals surface area contributed by atoms with E-state index in [1.54, 1.807) is 13.2 Å². The normalized spacial score (nSPS) is 17.0. The van der Waals surface area contributed by atoms with Crippen LogP contribution in [-0.4, -0.2) is 50.3 Å². The molecular formula is C20H24N2O5. The fraction of sp³-hybridized carbons (Fsp3) is 0.450. The molecule has 1 amide bonds. The Labute approximate surface area is 158 Å². The smallest absolute Gasteiger partial charge is 0.257 e. The monoisotopic (exact) mass is 372 g/mol. The highest BCUT2D eigenvalue weighted by Gasteiger charge is 2.24. The number of carbonyl (C=O) groups excluding carboxylic acids is 1. The van der Waals surface area contributed by atoms with Crippen LogP contribution in [0.5, 0.6) is 17.2 Å². The van der Waals surface area contributed by atoms with Gasteiger partial charge in [-0.15, -0.1) is 0 Å². The van der Waals surface area contributed by atoms with Gasteiger partial charge in [-0.1, -0.05) is 0 Å². The second kappa shape index (κ2) is 7.92. The van der Waals surface area contributed by atoms with Crippen LogP contribution in [0.1, 0.15) is 28.8 Å². The minimum absolute atomic E-state index is 0.0405. The maximum atomic E-state index is 12.4. The molecule has 1 aromatic carbocycles. The van der Waals surface area contributed by atoms with Gasteiger partial charge in [-0.3, -0.25) is 4.79 Å². The molecule has 144 valence electrons. The number of benzene rings is 1. The summed E-state index contributed by atoms with van der Waals surface area (Å²) in [5.74, 6) is 2.15. The molecule has 1 aromatic heterocycles. The number of hydrogen-bond donors (Lipinski definition) is 1. The van der Waals surface area contributed by atoms with Crippen LogP contribution in [0.4, 0.5) is 0 Å².